The zero-order valence-corrected chi connectivity index (χ0v) is 8.67. The third-order valence-electron chi connectivity index (χ3n) is 1.91. The van der Waals surface area contributed by atoms with Gasteiger partial charge in [-0.25, -0.2) is 5.84 Å². The number of carbonyl (C=O) groups excluding carboxylic acids is 2. The molecule has 0 saturated carbocycles. The largest absolute Gasteiger partial charge is 0.358 e. The van der Waals surface area contributed by atoms with E-state index in [0.717, 1.165) is 6.54 Å². The van der Waals surface area contributed by atoms with Crippen LogP contribution in [0.4, 0.5) is 0 Å². The molecule has 0 radical (unpaired) electrons. The lowest BCUT2D eigenvalue weighted by atomic mass is 10.3. The van der Waals surface area contributed by atoms with Crippen LogP contribution in [-0.4, -0.2) is 43.4 Å². The molecule has 0 saturated heterocycles. The lowest BCUT2D eigenvalue weighted by Gasteiger charge is -2.18. The number of hydrazine groups is 1. The summed E-state index contributed by atoms with van der Waals surface area (Å²) in [5.74, 6) is 4.65. The van der Waals surface area contributed by atoms with Crippen LogP contribution >= 0.6 is 0 Å². The van der Waals surface area contributed by atoms with Crippen molar-refractivity contribution in [1.82, 2.24) is 15.6 Å². The molecule has 0 heterocycles. The molecule has 0 aromatic rings. The second kappa shape index (κ2) is 7.28. The predicted octanol–water partition coefficient (Wildman–Crippen LogP) is -1.57. The maximum absolute atomic E-state index is 11.0. The summed E-state index contributed by atoms with van der Waals surface area (Å²) in [4.78, 5) is 23.7. The van der Waals surface area contributed by atoms with Gasteiger partial charge in [0, 0.05) is 20.0 Å². The molecule has 0 aliphatic rings. The number of nitrogens with zero attached hydrogens (tertiary/aromatic N) is 1. The highest BCUT2D eigenvalue weighted by molar-refractivity contribution is 5.78. The first-order valence-electron chi connectivity index (χ1n) is 4.56. The van der Waals surface area contributed by atoms with E-state index in [4.69, 9.17) is 5.84 Å². The molecule has 0 aliphatic heterocycles. The van der Waals surface area contributed by atoms with Crippen LogP contribution in [0.2, 0.25) is 0 Å². The number of nitrogens with two attached hydrogens (primary N) is 1. The molecule has 14 heavy (non-hydrogen) atoms. The second-order valence-electron chi connectivity index (χ2n) is 2.86. The van der Waals surface area contributed by atoms with Crippen molar-refractivity contribution in [1.29, 1.82) is 0 Å². The van der Waals surface area contributed by atoms with Crippen LogP contribution in [0.15, 0.2) is 0 Å². The summed E-state index contributed by atoms with van der Waals surface area (Å²) in [5, 5.41) is 2.53. The number of rotatable bonds is 6. The minimum absolute atomic E-state index is 0.0555. The third-order valence-corrected chi connectivity index (χ3v) is 1.91. The number of amides is 2. The van der Waals surface area contributed by atoms with Crippen molar-refractivity contribution in [2.24, 2.45) is 5.84 Å². The molecule has 4 N–H and O–H groups in total. The molecule has 6 nitrogen and oxygen atoms in total. The monoisotopic (exact) mass is 202 g/mol. The lowest BCUT2D eigenvalue weighted by molar-refractivity contribution is -0.124. The molecule has 0 aromatic carbocycles. The Bertz CT molecular complexity index is 196. The maximum Gasteiger partial charge on any atom is 0.235 e. The first-order chi connectivity index (χ1) is 6.63. The maximum atomic E-state index is 11.0. The molecule has 0 bridgehead atoms. The van der Waals surface area contributed by atoms with Gasteiger partial charge in [-0.3, -0.25) is 19.9 Å². The van der Waals surface area contributed by atoms with Gasteiger partial charge in [0.05, 0.1) is 6.54 Å². The molecule has 82 valence electrons. The van der Waals surface area contributed by atoms with Crippen LogP contribution in [0.1, 0.15) is 13.3 Å². The van der Waals surface area contributed by atoms with Gasteiger partial charge in [0.25, 0.3) is 0 Å². The Morgan fingerprint density at radius 1 is 1.36 bits per heavy atom. The Labute approximate surface area is 83.8 Å². The SMILES string of the molecule is CCN(CCC(=O)NN)CC(=O)NC. The molecule has 6 heteroatoms. The Balaban J connectivity index is 3.79. The zero-order chi connectivity index (χ0) is 11.0. The highest BCUT2D eigenvalue weighted by atomic mass is 16.2. The second-order valence-corrected chi connectivity index (χ2v) is 2.86. The molecule has 0 rings (SSSR count). The molecule has 0 fully saturated rings. The van der Waals surface area contributed by atoms with E-state index >= 15 is 0 Å². The molecular weight excluding hydrogens is 184 g/mol. The number of carbonyl (C=O) groups is 2. The van der Waals surface area contributed by atoms with Crippen LogP contribution in [-0.2, 0) is 9.59 Å². The summed E-state index contributed by atoms with van der Waals surface area (Å²) in [6.07, 6.45) is 0.307. The Hall–Kier alpha value is -1.14. The Morgan fingerprint density at radius 3 is 2.43 bits per heavy atom. The predicted molar refractivity (Wildman–Crippen MR) is 53.1 cm³/mol. The number of likely N-dealkylation sites (N-methyl/N-ethyl adjacent to an activating group) is 2. The van der Waals surface area contributed by atoms with Gasteiger partial charge in [0.2, 0.25) is 11.8 Å². The van der Waals surface area contributed by atoms with Gasteiger partial charge in [0.15, 0.2) is 0 Å². The number of nitrogens with one attached hydrogen (secondary N) is 2. The van der Waals surface area contributed by atoms with Gasteiger partial charge < -0.3 is 5.32 Å². The molecule has 0 spiro atoms. The van der Waals surface area contributed by atoms with Gasteiger partial charge in [-0.2, -0.15) is 0 Å². The Kier molecular flexibility index (Phi) is 6.69. The fourth-order valence-corrected chi connectivity index (χ4v) is 0.963. The smallest absolute Gasteiger partial charge is 0.235 e. The van der Waals surface area contributed by atoms with E-state index in [2.05, 4.69) is 5.32 Å². The van der Waals surface area contributed by atoms with Gasteiger partial charge >= 0.3 is 0 Å². The third kappa shape index (κ3) is 5.50. The average Bonchev–Trinajstić information content (AvgIpc) is 2.22. The van der Waals surface area contributed by atoms with Crippen molar-refractivity contribution in [3.63, 3.8) is 0 Å². The minimum Gasteiger partial charge on any atom is -0.358 e. The topological polar surface area (TPSA) is 87.5 Å². The minimum atomic E-state index is -0.222. The quantitative estimate of drug-likeness (QED) is 0.276. The molecule has 0 atom stereocenters. The van der Waals surface area contributed by atoms with Crippen LogP contribution in [0.5, 0.6) is 0 Å². The van der Waals surface area contributed by atoms with Crippen LogP contribution in [0.25, 0.3) is 0 Å². The summed E-state index contributed by atoms with van der Waals surface area (Å²) < 4.78 is 0. The number of hydrogen-bond donors (Lipinski definition) is 3. The zero-order valence-electron chi connectivity index (χ0n) is 8.67. The first kappa shape index (κ1) is 12.9. The summed E-state index contributed by atoms with van der Waals surface area (Å²) in [5.41, 5.74) is 2.05. The highest BCUT2D eigenvalue weighted by Crippen LogP contribution is 1.90. The van der Waals surface area contributed by atoms with Gasteiger partial charge in [0.1, 0.15) is 0 Å². The van der Waals surface area contributed by atoms with E-state index in [-0.39, 0.29) is 11.8 Å². The van der Waals surface area contributed by atoms with Crippen molar-refractivity contribution >= 4 is 11.8 Å². The van der Waals surface area contributed by atoms with Gasteiger partial charge in [-0.05, 0) is 6.54 Å². The van der Waals surface area contributed by atoms with Crippen LogP contribution < -0.4 is 16.6 Å². The van der Waals surface area contributed by atoms with E-state index in [1.54, 1.807) is 7.05 Å². The Morgan fingerprint density at radius 2 is 2.00 bits per heavy atom. The molecule has 2 amide bonds. The molecular formula is C8H18N4O2. The summed E-state index contributed by atoms with van der Waals surface area (Å²) >= 11 is 0. The fraction of sp³-hybridized carbons (Fsp3) is 0.750. The van der Waals surface area contributed by atoms with Crippen LogP contribution in [0, 0.1) is 0 Å². The van der Waals surface area contributed by atoms with Crippen molar-refractivity contribution in [2.75, 3.05) is 26.7 Å². The van der Waals surface area contributed by atoms with E-state index in [1.807, 2.05) is 17.2 Å². The van der Waals surface area contributed by atoms with E-state index < -0.39 is 0 Å². The van der Waals surface area contributed by atoms with Crippen molar-refractivity contribution in [2.45, 2.75) is 13.3 Å². The molecule has 0 aromatic heterocycles. The standard InChI is InChI=1S/C8H18N4O2/c1-3-12(6-8(14)10-2)5-4-7(13)11-9/h3-6,9H2,1-2H3,(H,10,14)(H,11,13). The van der Waals surface area contributed by atoms with E-state index in [0.29, 0.717) is 19.5 Å². The average molecular weight is 202 g/mol. The van der Waals surface area contributed by atoms with Gasteiger partial charge in [-0.1, -0.05) is 6.92 Å². The van der Waals surface area contributed by atoms with Gasteiger partial charge in [-0.15, -0.1) is 0 Å². The highest BCUT2D eigenvalue weighted by Gasteiger charge is 2.08. The van der Waals surface area contributed by atoms with E-state index in [1.165, 1.54) is 0 Å². The van der Waals surface area contributed by atoms with Crippen LogP contribution in [0.3, 0.4) is 0 Å². The fourth-order valence-electron chi connectivity index (χ4n) is 0.963. The normalized spacial score (nSPS) is 10.0. The molecule has 0 aliphatic carbocycles. The number of hydrogen-bond acceptors (Lipinski definition) is 4. The van der Waals surface area contributed by atoms with Crippen molar-refractivity contribution in [3.05, 3.63) is 0 Å². The van der Waals surface area contributed by atoms with Crippen molar-refractivity contribution in [3.8, 4) is 0 Å². The summed E-state index contributed by atoms with van der Waals surface area (Å²) in [6, 6.07) is 0. The van der Waals surface area contributed by atoms with Crippen molar-refractivity contribution < 1.29 is 9.59 Å². The first-order valence-corrected chi connectivity index (χ1v) is 4.56. The van der Waals surface area contributed by atoms with E-state index in [9.17, 15) is 9.59 Å². The molecule has 0 unspecified atom stereocenters. The lowest BCUT2D eigenvalue weighted by Crippen LogP contribution is -2.38. The summed E-state index contributed by atoms with van der Waals surface area (Å²) in [6.45, 7) is 3.51. The summed E-state index contributed by atoms with van der Waals surface area (Å²) in [7, 11) is 1.59.